The van der Waals surface area contributed by atoms with Gasteiger partial charge in [0.05, 0.1) is 11.2 Å². The van der Waals surface area contributed by atoms with Crippen molar-refractivity contribution in [2.45, 2.75) is 27.7 Å². The number of rotatable bonds is 8. The molecule has 0 amide bonds. The van der Waals surface area contributed by atoms with Gasteiger partial charge in [-0.25, -0.2) is 5.43 Å². The first-order chi connectivity index (χ1) is 14.9. The van der Waals surface area contributed by atoms with Crippen molar-refractivity contribution in [3.63, 3.8) is 0 Å². The maximum Gasteiger partial charge on any atom is 0.250 e. The standard InChI is InChI=1S/C22H25Cl2N7/c1-5-31(6-2)22-28-20(26-19-11-14(3)7-8-15(19)4)27-21(29-22)30-25-13-16-9-10-17(23)12-18(16)24/h7-13H,5-6H2,1-4H3,(H2,26,27,28,29,30). The van der Waals surface area contributed by atoms with Gasteiger partial charge in [0.25, 0.3) is 0 Å². The molecule has 3 rings (SSSR count). The van der Waals surface area contributed by atoms with E-state index >= 15 is 0 Å². The molecule has 0 fully saturated rings. The van der Waals surface area contributed by atoms with E-state index in [9.17, 15) is 0 Å². The number of benzene rings is 2. The third kappa shape index (κ3) is 6.06. The molecule has 9 heteroatoms. The van der Waals surface area contributed by atoms with Crippen LogP contribution in [-0.2, 0) is 0 Å². The zero-order valence-corrected chi connectivity index (χ0v) is 19.5. The summed E-state index contributed by atoms with van der Waals surface area (Å²) in [5.74, 6) is 1.33. The summed E-state index contributed by atoms with van der Waals surface area (Å²) in [6, 6.07) is 11.4. The van der Waals surface area contributed by atoms with E-state index in [4.69, 9.17) is 23.2 Å². The topological polar surface area (TPSA) is 78.3 Å². The van der Waals surface area contributed by atoms with Gasteiger partial charge >= 0.3 is 0 Å². The molecule has 0 aliphatic carbocycles. The van der Waals surface area contributed by atoms with Gasteiger partial charge in [-0.2, -0.15) is 20.1 Å². The first-order valence-corrected chi connectivity index (χ1v) is 10.7. The second-order valence-electron chi connectivity index (χ2n) is 6.93. The Labute approximate surface area is 192 Å². The van der Waals surface area contributed by atoms with Gasteiger partial charge < -0.3 is 10.2 Å². The Hall–Kier alpha value is -2.90. The Bertz CT molecular complexity index is 1080. The van der Waals surface area contributed by atoms with Crippen LogP contribution in [0, 0.1) is 13.8 Å². The fourth-order valence-electron chi connectivity index (χ4n) is 2.88. The van der Waals surface area contributed by atoms with Gasteiger partial charge in [0, 0.05) is 29.4 Å². The lowest BCUT2D eigenvalue weighted by molar-refractivity contribution is 0.814. The molecule has 1 aromatic heterocycles. The van der Waals surface area contributed by atoms with E-state index in [0.717, 1.165) is 35.5 Å². The summed E-state index contributed by atoms with van der Waals surface area (Å²) < 4.78 is 0. The van der Waals surface area contributed by atoms with Gasteiger partial charge in [0.15, 0.2) is 0 Å². The lowest BCUT2D eigenvalue weighted by Gasteiger charge is -2.19. The highest BCUT2D eigenvalue weighted by atomic mass is 35.5. The third-order valence-corrected chi connectivity index (χ3v) is 5.20. The molecule has 0 saturated heterocycles. The van der Waals surface area contributed by atoms with Crippen molar-refractivity contribution in [3.05, 3.63) is 63.1 Å². The van der Waals surface area contributed by atoms with Gasteiger partial charge in [-0.1, -0.05) is 41.4 Å². The van der Waals surface area contributed by atoms with Crippen LogP contribution >= 0.6 is 23.2 Å². The molecule has 0 aliphatic rings. The minimum atomic E-state index is 0.325. The van der Waals surface area contributed by atoms with Gasteiger partial charge in [-0.15, -0.1) is 0 Å². The Morgan fingerprint density at radius 2 is 1.71 bits per heavy atom. The predicted octanol–water partition coefficient (Wildman–Crippen LogP) is 5.83. The van der Waals surface area contributed by atoms with Crippen molar-refractivity contribution < 1.29 is 0 Å². The Morgan fingerprint density at radius 1 is 0.968 bits per heavy atom. The zero-order chi connectivity index (χ0) is 22.4. The molecule has 0 saturated carbocycles. The molecule has 162 valence electrons. The van der Waals surface area contributed by atoms with Crippen molar-refractivity contribution in [1.82, 2.24) is 15.0 Å². The summed E-state index contributed by atoms with van der Waals surface area (Å²) in [4.78, 5) is 15.6. The van der Waals surface area contributed by atoms with E-state index in [0.29, 0.717) is 27.9 Å². The van der Waals surface area contributed by atoms with Crippen molar-refractivity contribution in [2.75, 3.05) is 28.7 Å². The highest BCUT2D eigenvalue weighted by molar-refractivity contribution is 6.36. The smallest absolute Gasteiger partial charge is 0.250 e. The molecule has 1 heterocycles. The maximum absolute atomic E-state index is 6.20. The Morgan fingerprint density at radius 3 is 2.42 bits per heavy atom. The van der Waals surface area contributed by atoms with Crippen molar-refractivity contribution in [2.24, 2.45) is 5.10 Å². The number of hydrazone groups is 1. The van der Waals surface area contributed by atoms with Crippen molar-refractivity contribution >= 4 is 52.9 Å². The van der Waals surface area contributed by atoms with E-state index in [1.165, 1.54) is 0 Å². The van der Waals surface area contributed by atoms with Gasteiger partial charge in [0.1, 0.15) is 0 Å². The van der Waals surface area contributed by atoms with Crippen LogP contribution in [0.5, 0.6) is 0 Å². The van der Waals surface area contributed by atoms with Crippen molar-refractivity contribution in [3.8, 4) is 0 Å². The summed E-state index contributed by atoms with van der Waals surface area (Å²) in [7, 11) is 0. The van der Waals surface area contributed by atoms with Crippen LogP contribution in [0.4, 0.5) is 23.5 Å². The quantitative estimate of drug-likeness (QED) is 0.327. The molecular formula is C22H25Cl2N7. The molecule has 31 heavy (non-hydrogen) atoms. The average molecular weight is 458 g/mol. The highest BCUT2D eigenvalue weighted by Crippen LogP contribution is 2.22. The lowest BCUT2D eigenvalue weighted by atomic mass is 10.1. The minimum absolute atomic E-state index is 0.325. The SMILES string of the molecule is CCN(CC)c1nc(NN=Cc2ccc(Cl)cc2Cl)nc(Nc2cc(C)ccc2C)n1. The number of nitrogens with one attached hydrogen (secondary N) is 2. The van der Waals surface area contributed by atoms with E-state index < -0.39 is 0 Å². The van der Waals surface area contributed by atoms with Gasteiger partial charge in [-0.05, 0) is 57.0 Å². The zero-order valence-electron chi connectivity index (χ0n) is 17.9. The molecule has 3 aromatic rings. The van der Waals surface area contributed by atoms with Crippen LogP contribution in [0.3, 0.4) is 0 Å². The molecule has 0 spiro atoms. The largest absolute Gasteiger partial charge is 0.341 e. The normalized spacial score (nSPS) is 11.0. The van der Waals surface area contributed by atoms with Crippen LogP contribution in [-0.4, -0.2) is 34.3 Å². The third-order valence-electron chi connectivity index (χ3n) is 4.64. The van der Waals surface area contributed by atoms with Gasteiger partial charge in [0.2, 0.25) is 17.8 Å². The summed E-state index contributed by atoms with van der Waals surface area (Å²) in [5.41, 5.74) is 6.79. The van der Waals surface area contributed by atoms with Crippen LogP contribution in [0.1, 0.15) is 30.5 Å². The average Bonchev–Trinajstić information content (AvgIpc) is 2.73. The molecule has 0 aliphatic heterocycles. The molecule has 0 atom stereocenters. The predicted molar refractivity (Wildman–Crippen MR) is 130 cm³/mol. The number of aromatic nitrogens is 3. The molecule has 2 N–H and O–H groups in total. The molecule has 0 radical (unpaired) electrons. The summed E-state index contributed by atoms with van der Waals surface area (Å²) in [6.45, 7) is 9.73. The van der Waals surface area contributed by atoms with E-state index in [1.54, 1.807) is 24.4 Å². The highest BCUT2D eigenvalue weighted by Gasteiger charge is 2.12. The lowest BCUT2D eigenvalue weighted by Crippen LogP contribution is -2.25. The summed E-state index contributed by atoms with van der Waals surface area (Å²) in [6.07, 6.45) is 1.59. The number of nitrogens with zero attached hydrogens (tertiary/aromatic N) is 5. The number of hydrogen-bond acceptors (Lipinski definition) is 7. The molecule has 0 unspecified atom stereocenters. The first-order valence-electron chi connectivity index (χ1n) is 9.99. The number of hydrogen-bond donors (Lipinski definition) is 2. The molecule has 2 aromatic carbocycles. The number of aryl methyl sites for hydroxylation is 2. The van der Waals surface area contributed by atoms with Crippen LogP contribution < -0.4 is 15.6 Å². The summed E-state index contributed by atoms with van der Waals surface area (Å²) >= 11 is 12.1. The van der Waals surface area contributed by atoms with Crippen molar-refractivity contribution in [1.29, 1.82) is 0 Å². The van der Waals surface area contributed by atoms with Crippen LogP contribution in [0.15, 0.2) is 41.5 Å². The fourth-order valence-corrected chi connectivity index (χ4v) is 3.33. The molecule has 7 nitrogen and oxygen atoms in total. The van der Waals surface area contributed by atoms with Gasteiger partial charge in [-0.3, -0.25) is 0 Å². The monoisotopic (exact) mass is 457 g/mol. The second kappa shape index (κ2) is 10.4. The first kappa shape index (κ1) is 22.8. The van der Waals surface area contributed by atoms with E-state index in [1.807, 2.05) is 18.7 Å². The number of anilines is 4. The Kier molecular flexibility index (Phi) is 7.65. The van der Waals surface area contributed by atoms with Crippen LogP contribution in [0.2, 0.25) is 10.0 Å². The number of halogens is 2. The maximum atomic E-state index is 6.20. The molecular weight excluding hydrogens is 433 g/mol. The summed E-state index contributed by atoms with van der Waals surface area (Å²) in [5, 5.41) is 8.61. The fraction of sp³-hybridized carbons (Fsp3) is 0.273. The minimum Gasteiger partial charge on any atom is -0.341 e. The molecule has 0 bridgehead atoms. The van der Waals surface area contributed by atoms with E-state index in [-0.39, 0.29) is 0 Å². The van der Waals surface area contributed by atoms with E-state index in [2.05, 4.69) is 62.8 Å². The second-order valence-corrected chi connectivity index (χ2v) is 7.78. The Balaban J connectivity index is 1.89. The van der Waals surface area contributed by atoms with Crippen LogP contribution in [0.25, 0.3) is 0 Å².